The third-order valence-electron chi connectivity index (χ3n) is 3.62. The van der Waals surface area contributed by atoms with Gasteiger partial charge in [-0.05, 0) is 24.3 Å². The Morgan fingerprint density at radius 1 is 1.23 bits per heavy atom. The van der Waals surface area contributed by atoms with Crippen LogP contribution in [0.4, 0.5) is 22.2 Å². The van der Waals surface area contributed by atoms with Crippen LogP contribution in [0.5, 0.6) is 0 Å². The third kappa shape index (κ3) is 3.64. The van der Waals surface area contributed by atoms with Crippen LogP contribution in [0.3, 0.4) is 0 Å². The first kappa shape index (κ1) is 17.4. The molecular formula is C15H13ClN6O4. The number of hydrogen-bond donors (Lipinski definition) is 5. The number of hydrogen-bond acceptors (Lipinski definition) is 6. The van der Waals surface area contributed by atoms with Gasteiger partial charge in [-0.2, -0.15) is 4.98 Å². The lowest BCUT2D eigenvalue weighted by Gasteiger charge is -2.23. The van der Waals surface area contributed by atoms with Crippen LogP contribution in [-0.2, 0) is 9.59 Å². The van der Waals surface area contributed by atoms with Gasteiger partial charge in [0, 0.05) is 17.1 Å². The number of fused-ring (bicyclic) bond motifs is 1. The maximum atomic E-state index is 12.4. The highest BCUT2D eigenvalue weighted by Crippen LogP contribution is 2.29. The van der Waals surface area contributed by atoms with Crippen LogP contribution in [0, 0.1) is 0 Å². The van der Waals surface area contributed by atoms with E-state index in [4.69, 9.17) is 17.3 Å². The predicted octanol–water partition coefficient (Wildman–Crippen LogP) is 0.788. The molecule has 3 rings (SSSR count). The first-order valence-electron chi connectivity index (χ1n) is 7.40. The average molecular weight is 377 g/mol. The van der Waals surface area contributed by atoms with Gasteiger partial charge in [-0.1, -0.05) is 11.6 Å². The summed E-state index contributed by atoms with van der Waals surface area (Å²) in [5.74, 6) is -2.54. The summed E-state index contributed by atoms with van der Waals surface area (Å²) in [6, 6.07) is 5.55. The lowest BCUT2D eigenvalue weighted by atomic mass is 9.92. The largest absolute Gasteiger partial charge is 0.351 e. The van der Waals surface area contributed by atoms with Gasteiger partial charge in [0.1, 0.15) is 5.82 Å². The molecule has 1 aliphatic heterocycles. The van der Waals surface area contributed by atoms with E-state index in [1.165, 1.54) is 0 Å². The summed E-state index contributed by atoms with van der Waals surface area (Å²) in [6.45, 7) is 0. The number of nitrogens with one attached hydrogen (secondary N) is 4. The topological polar surface area (TPSA) is 159 Å². The normalized spacial score (nSPS) is 15.6. The summed E-state index contributed by atoms with van der Waals surface area (Å²) in [6.07, 6.45) is -0.305. The zero-order chi connectivity index (χ0) is 18.8. The van der Waals surface area contributed by atoms with Crippen molar-refractivity contribution in [2.24, 2.45) is 5.73 Å². The summed E-state index contributed by atoms with van der Waals surface area (Å²) >= 11 is 5.81. The number of aromatic amines is 1. The molecule has 0 spiro atoms. The summed E-state index contributed by atoms with van der Waals surface area (Å²) in [5.41, 5.74) is 4.84. The highest BCUT2D eigenvalue weighted by Gasteiger charge is 2.35. The quantitative estimate of drug-likeness (QED) is 0.532. The van der Waals surface area contributed by atoms with Crippen molar-refractivity contribution < 1.29 is 14.4 Å². The highest BCUT2D eigenvalue weighted by molar-refractivity contribution is 6.30. The van der Waals surface area contributed by atoms with E-state index in [9.17, 15) is 19.2 Å². The monoisotopic (exact) mass is 376 g/mol. The molecule has 0 radical (unpaired) electrons. The molecule has 1 aromatic carbocycles. The van der Waals surface area contributed by atoms with Gasteiger partial charge in [0.25, 0.3) is 5.56 Å². The van der Waals surface area contributed by atoms with Crippen LogP contribution in [0.2, 0.25) is 5.02 Å². The molecule has 11 heteroatoms. The number of H-pyrrole nitrogens is 1. The number of rotatable bonds is 3. The number of halogens is 1. The standard InChI is InChI=1S/C15H13ClN6O4/c16-6-1-3-7(4-2-6)18-15-20-11-10(13(25)22-15)8(5-9(23)19-11)12(24)21-14(17)26/h1-4,8H,5H2,(H3,17,21,24,26)(H3,18,19,20,22,23,25)/t8-/m0/s1. The molecule has 1 atom stereocenters. The summed E-state index contributed by atoms with van der Waals surface area (Å²) in [5, 5.41) is 7.72. The molecule has 2 heterocycles. The molecule has 6 N–H and O–H groups in total. The third-order valence-corrected chi connectivity index (χ3v) is 3.87. The molecule has 0 saturated heterocycles. The Hall–Kier alpha value is -3.40. The summed E-state index contributed by atoms with van der Waals surface area (Å²) in [4.78, 5) is 53.9. The number of primary amides is 1. The molecule has 4 amide bonds. The first-order chi connectivity index (χ1) is 12.3. The lowest BCUT2D eigenvalue weighted by Crippen LogP contribution is -2.43. The second kappa shape index (κ2) is 6.84. The molecule has 1 aliphatic rings. The Kier molecular flexibility index (Phi) is 4.59. The van der Waals surface area contributed by atoms with Crippen LogP contribution in [0.15, 0.2) is 29.1 Å². The number of aromatic nitrogens is 2. The number of imide groups is 1. The molecule has 10 nitrogen and oxygen atoms in total. The molecule has 134 valence electrons. The number of urea groups is 1. The van der Waals surface area contributed by atoms with E-state index in [0.717, 1.165) is 0 Å². The number of nitrogens with two attached hydrogens (primary N) is 1. The second-order valence-electron chi connectivity index (χ2n) is 5.47. The molecule has 1 aromatic heterocycles. The van der Waals surface area contributed by atoms with Crippen LogP contribution in [0.25, 0.3) is 0 Å². The fourth-order valence-corrected chi connectivity index (χ4v) is 2.66. The first-order valence-corrected chi connectivity index (χ1v) is 7.78. The number of carbonyl (C=O) groups excluding carboxylic acids is 3. The van der Waals surface area contributed by atoms with Gasteiger partial charge in [-0.15, -0.1) is 0 Å². The van der Waals surface area contributed by atoms with E-state index in [2.05, 4.69) is 20.6 Å². The number of nitrogens with zero attached hydrogens (tertiary/aromatic N) is 1. The average Bonchev–Trinajstić information content (AvgIpc) is 2.55. The van der Waals surface area contributed by atoms with Crippen LogP contribution < -0.4 is 27.2 Å². The SMILES string of the molecule is NC(=O)NC(=O)[C@H]1CC(=O)Nc2nc(Nc3ccc(Cl)cc3)[nH]c(=O)c21. The van der Waals surface area contributed by atoms with Crippen molar-refractivity contribution in [2.45, 2.75) is 12.3 Å². The molecule has 0 saturated carbocycles. The number of carbonyl (C=O) groups is 3. The van der Waals surface area contributed by atoms with Gasteiger partial charge in [-0.25, -0.2) is 4.79 Å². The Balaban J connectivity index is 1.96. The fourth-order valence-electron chi connectivity index (χ4n) is 2.53. The predicted molar refractivity (Wildman–Crippen MR) is 93.3 cm³/mol. The van der Waals surface area contributed by atoms with Crippen molar-refractivity contribution in [1.29, 1.82) is 0 Å². The van der Waals surface area contributed by atoms with Crippen molar-refractivity contribution in [2.75, 3.05) is 10.6 Å². The van der Waals surface area contributed by atoms with Gasteiger partial charge < -0.3 is 16.4 Å². The van der Waals surface area contributed by atoms with Crippen molar-refractivity contribution in [1.82, 2.24) is 15.3 Å². The van der Waals surface area contributed by atoms with E-state index in [1.807, 2.05) is 5.32 Å². The number of amides is 4. The Labute approximate surface area is 151 Å². The molecule has 0 fully saturated rings. The molecule has 0 bridgehead atoms. The summed E-state index contributed by atoms with van der Waals surface area (Å²) in [7, 11) is 0. The lowest BCUT2D eigenvalue weighted by molar-refractivity contribution is -0.125. The van der Waals surface area contributed by atoms with Gasteiger partial charge >= 0.3 is 6.03 Å². The number of benzene rings is 1. The van der Waals surface area contributed by atoms with Crippen molar-refractivity contribution in [3.8, 4) is 0 Å². The molecule has 2 aromatic rings. The highest BCUT2D eigenvalue weighted by atomic mass is 35.5. The zero-order valence-corrected chi connectivity index (χ0v) is 13.9. The fraction of sp³-hybridized carbons (Fsp3) is 0.133. The minimum Gasteiger partial charge on any atom is -0.351 e. The van der Waals surface area contributed by atoms with E-state index in [-0.39, 0.29) is 23.8 Å². The zero-order valence-electron chi connectivity index (χ0n) is 13.1. The van der Waals surface area contributed by atoms with Gasteiger partial charge in [0.2, 0.25) is 17.8 Å². The van der Waals surface area contributed by atoms with Gasteiger partial charge in [0.05, 0.1) is 11.5 Å². The smallest absolute Gasteiger partial charge is 0.318 e. The van der Waals surface area contributed by atoms with Crippen LogP contribution in [-0.4, -0.2) is 27.8 Å². The summed E-state index contributed by atoms with van der Waals surface area (Å²) < 4.78 is 0. The molecule has 0 aliphatic carbocycles. The van der Waals surface area contributed by atoms with Crippen LogP contribution >= 0.6 is 11.6 Å². The van der Waals surface area contributed by atoms with E-state index >= 15 is 0 Å². The minimum absolute atomic E-state index is 0.0509. The molecule has 26 heavy (non-hydrogen) atoms. The van der Waals surface area contributed by atoms with Crippen LogP contribution in [0.1, 0.15) is 17.9 Å². The van der Waals surface area contributed by atoms with Gasteiger partial charge in [0.15, 0.2) is 0 Å². The molecule has 0 unspecified atom stereocenters. The van der Waals surface area contributed by atoms with E-state index < -0.39 is 29.3 Å². The van der Waals surface area contributed by atoms with Gasteiger partial charge in [-0.3, -0.25) is 24.7 Å². The van der Waals surface area contributed by atoms with Crippen molar-refractivity contribution >= 4 is 46.9 Å². The Morgan fingerprint density at radius 3 is 2.58 bits per heavy atom. The van der Waals surface area contributed by atoms with E-state index in [0.29, 0.717) is 10.7 Å². The van der Waals surface area contributed by atoms with E-state index in [1.54, 1.807) is 24.3 Å². The Morgan fingerprint density at radius 2 is 1.92 bits per heavy atom. The minimum atomic E-state index is -1.17. The maximum Gasteiger partial charge on any atom is 0.318 e. The Bertz CT molecular complexity index is 956. The second-order valence-corrected chi connectivity index (χ2v) is 5.90. The van der Waals surface area contributed by atoms with Crippen molar-refractivity contribution in [3.05, 3.63) is 45.2 Å². The number of anilines is 3. The molecular weight excluding hydrogens is 364 g/mol. The maximum absolute atomic E-state index is 12.4. The van der Waals surface area contributed by atoms with Crippen molar-refractivity contribution in [3.63, 3.8) is 0 Å².